The summed E-state index contributed by atoms with van der Waals surface area (Å²) in [6.45, 7) is 5.44. The number of ether oxygens (including phenoxy) is 2. The molecule has 0 unspecified atom stereocenters. The van der Waals surface area contributed by atoms with Crippen LogP contribution in [0.2, 0.25) is 0 Å². The van der Waals surface area contributed by atoms with Crippen molar-refractivity contribution in [3.8, 4) is 22.9 Å². The van der Waals surface area contributed by atoms with Gasteiger partial charge >= 0.3 is 0 Å². The van der Waals surface area contributed by atoms with E-state index in [1.54, 1.807) is 19.2 Å². The van der Waals surface area contributed by atoms with Gasteiger partial charge in [-0.25, -0.2) is 19.9 Å². The molecule has 4 rings (SSSR count). The van der Waals surface area contributed by atoms with Crippen molar-refractivity contribution in [1.29, 1.82) is 0 Å². The lowest BCUT2D eigenvalue weighted by Gasteiger charge is -2.22. The second-order valence-electron chi connectivity index (χ2n) is 6.63. The lowest BCUT2D eigenvalue weighted by molar-refractivity contribution is 0.162. The van der Waals surface area contributed by atoms with Gasteiger partial charge in [-0.1, -0.05) is 6.92 Å². The minimum atomic E-state index is -0.475. The first-order valence-corrected chi connectivity index (χ1v) is 9.05. The molecule has 1 aliphatic heterocycles. The van der Waals surface area contributed by atoms with Gasteiger partial charge in [-0.05, 0) is 19.1 Å². The Balaban J connectivity index is 1.49. The van der Waals surface area contributed by atoms with Gasteiger partial charge < -0.3 is 14.8 Å². The van der Waals surface area contributed by atoms with Gasteiger partial charge in [-0.2, -0.15) is 4.39 Å². The van der Waals surface area contributed by atoms with Gasteiger partial charge in [0.15, 0.2) is 5.75 Å². The number of anilines is 1. The highest BCUT2D eigenvalue weighted by Gasteiger charge is 2.20. The van der Waals surface area contributed by atoms with Crippen LogP contribution in [0.1, 0.15) is 24.0 Å². The van der Waals surface area contributed by atoms with Crippen molar-refractivity contribution in [2.75, 3.05) is 25.1 Å². The van der Waals surface area contributed by atoms with Crippen LogP contribution < -0.4 is 14.8 Å². The van der Waals surface area contributed by atoms with E-state index in [1.165, 1.54) is 12.5 Å². The van der Waals surface area contributed by atoms with Crippen LogP contribution in [-0.4, -0.2) is 39.7 Å². The summed E-state index contributed by atoms with van der Waals surface area (Å²) in [5.41, 5.74) is 2.93. The van der Waals surface area contributed by atoms with E-state index in [2.05, 4.69) is 32.2 Å². The topological polar surface area (TPSA) is 82.1 Å². The smallest absolute Gasteiger partial charge is 0.257 e. The lowest BCUT2D eigenvalue weighted by atomic mass is 10.0. The number of pyridine rings is 2. The van der Waals surface area contributed by atoms with Crippen molar-refractivity contribution in [2.45, 2.75) is 19.8 Å². The Kier molecular flexibility index (Phi) is 5.01. The quantitative estimate of drug-likeness (QED) is 0.679. The van der Waals surface area contributed by atoms with E-state index < -0.39 is 5.95 Å². The van der Waals surface area contributed by atoms with Crippen molar-refractivity contribution in [3.63, 3.8) is 0 Å². The van der Waals surface area contributed by atoms with Gasteiger partial charge in [0.1, 0.15) is 25.4 Å². The number of nitrogens with one attached hydrogen (secondary N) is 1. The maximum Gasteiger partial charge on any atom is 0.257 e. The monoisotopic (exact) mass is 381 g/mol. The Morgan fingerprint density at radius 1 is 1.14 bits per heavy atom. The van der Waals surface area contributed by atoms with Crippen molar-refractivity contribution in [2.24, 2.45) is 0 Å². The molecular formula is C20H20FN5O2. The van der Waals surface area contributed by atoms with E-state index in [0.29, 0.717) is 48.5 Å². The molecule has 3 aromatic heterocycles. The molecule has 0 saturated heterocycles. The van der Waals surface area contributed by atoms with Gasteiger partial charge in [0.05, 0.1) is 5.69 Å². The molecular weight excluding hydrogens is 361 g/mol. The molecule has 3 aromatic rings. The zero-order valence-corrected chi connectivity index (χ0v) is 15.6. The SMILES string of the molecule is Cc1cc(-c2cc(NC[C@@H](C)c3ccnc4c3OCCO4)ncn2)cnc1F. The summed E-state index contributed by atoms with van der Waals surface area (Å²) in [4.78, 5) is 16.5. The van der Waals surface area contributed by atoms with Crippen molar-refractivity contribution < 1.29 is 13.9 Å². The van der Waals surface area contributed by atoms with Crippen LogP contribution in [-0.2, 0) is 0 Å². The zero-order chi connectivity index (χ0) is 19.5. The summed E-state index contributed by atoms with van der Waals surface area (Å²) in [5.74, 6) is 1.60. The van der Waals surface area contributed by atoms with Crippen molar-refractivity contribution in [1.82, 2.24) is 19.9 Å². The standard InChI is InChI=1S/C20H20FN5O2/c1-12-7-14(10-24-19(12)21)16-8-17(26-11-25-16)23-9-13(2)15-3-4-22-20-18(15)27-5-6-28-20/h3-4,7-8,10-11,13H,5-6,9H2,1-2H3,(H,23,25,26)/t13-/m1/s1. The second kappa shape index (κ2) is 7.75. The van der Waals surface area contributed by atoms with Gasteiger partial charge in [0.2, 0.25) is 5.95 Å². The number of rotatable bonds is 5. The first-order valence-electron chi connectivity index (χ1n) is 9.05. The summed E-state index contributed by atoms with van der Waals surface area (Å²) in [6, 6.07) is 5.48. The molecule has 0 aromatic carbocycles. The number of aromatic nitrogens is 4. The van der Waals surface area contributed by atoms with Crippen LogP contribution in [0.4, 0.5) is 10.2 Å². The Morgan fingerprint density at radius 2 is 2.00 bits per heavy atom. The number of hydrogen-bond acceptors (Lipinski definition) is 7. The molecule has 1 aliphatic rings. The molecule has 1 atom stereocenters. The van der Waals surface area contributed by atoms with E-state index in [0.717, 1.165) is 11.1 Å². The molecule has 0 aliphatic carbocycles. The number of halogens is 1. The van der Waals surface area contributed by atoms with Crippen LogP contribution in [0, 0.1) is 12.9 Å². The number of nitrogens with zero attached hydrogens (tertiary/aromatic N) is 4. The molecule has 0 radical (unpaired) electrons. The molecule has 1 N–H and O–H groups in total. The van der Waals surface area contributed by atoms with E-state index in [-0.39, 0.29) is 5.92 Å². The molecule has 0 bridgehead atoms. The third-order valence-electron chi connectivity index (χ3n) is 4.57. The van der Waals surface area contributed by atoms with Crippen LogP contribution in [0.3, 0.4) is 0 Å². The number of fused-ring (bicyclic) bond motifs is 1. The van der Waals surface area contributed by atoms with E-state index in [4.69, 9.17) is 9.47 Å². The Bertz CT molecular complexity index is 998. The summed E-state index contributed by atoms with van der Waals surface area (Å²) >= 11 is 0. The molecule has 144 valence electrons. The lowest BCUT2D eigenvalue weighted by Crippen LogP contribution is -2.19. The first-order chi connectivity index (χ1) is 13.6. The largest absolute Gasteiger partial charge is 0.484 e. The van der Waals surface area contributed by atoms with Gasteiger partial charge in [-0.3, -0.25) is 0 Å². The molecule has 4 heterocycles. The Hall–Kier alpha value is -3.29. The highest BCUT2D eigenvalue weighted by atomic mass is 19.1. The Morgan fingerprint density at radius 3 is 2.86 bits per heavy atom. The minimum Gasteiger partial charge on any atom is -0.484 e. The maximum absolute atomic E-state index is 13.4. The Labute approximate surface area is 162 Å². The van der Waals surface area contributed by atoms with Crippen molar-refractivity contribution in [3.05, 3.63) is 54.0 Å². The number of hydrogen-bond donors (Lipinski definition) is 1. The second-order valence-corrected chi connectivity index (χ2v) is 6.63. The molecule has 0 fully saturated rings. The van der Waals surface area contributed by atoms with E-state index in [9.17, 15) is 4.39 Å². The van der Waals surface area contributed by atoms with Gasteiger partial charge in [0, 0.05) is 47.6 Å². The fourth-order valence-electron chi connectivity index (χ4n) is 3.04. The third-order valence-corrected chi connectivity index (χ3v) is 4.57. The predicted molar refractivity (Wildman–Crippen MR) is 102 cm³/mol. The molecule has 0 saturated carbocycles. The molecule has 0 amide bonds. The molecule has 0 spiro atoms. The maximum atomic E-state index is 13.4. The average molecular weight is 381 g/mol. The summed E-state index contributed by atoms with van der Waals surface area (Å²) < 4.78 is 24.7. The first kappa shape index (κ1) is 18.1. The van der Waals surface area contributed by atoms with E-state index >= 15 is 0 Å². The van der Waals surface area contributed by atoms with Crippen molar-refractivity contribution >= 4 is 5.82 Å². The van der Waals surface area contributed by atoms with Gasteiger partial charge in [-0.15, -0.1) is 0 Å². The van der Waals surface area contributed by atoms with Crippen LogP contribution in [0.25, 0.3) is 11.3 Å². The fraction of sp³-hybridized carbons (Fsp3) is 0.300. The fourth-order valence-corrected chi connectivity index (χ4v) is 3.04. The zero-order valence-electron chi connectivity index (χ0n) is 15.6. The predicted octanol–water partition coefficient (Wildman–Crippen LogP) is 3.37. The molecule has 28 heavy (non-hydrogen) atoms. The minimum absolute atomic E-state index is 0.145. The highest BCUT2D eigenvalue weighted by molar-refractivity contribution is 5.61. The summed E-state index contributed by atoms with van der Waals surface area (Å²) in [7, 11) is 0. The molecule has 7 nitrogen and oxygen atoms in total. The van der Waals surface area contributed by atoms with E-state index in [1.807, 2.05) is 12.1 Å². The summed E-state index contributed by atoms with van der Waals surface area (Å²) in [5, 5.41) is 3.32. The highest BCUT2D eigenvalue weighted by Crippen LogP contribution is 2.35. The summed E-state index contributed by atoms with van der Waals surface area (Å²) in [6.07, 6.45) is 4.68. The van der Waals surface area contributed by atoms with Gasteiger partial charge in [0.25, 0.3) is 5.88 Å². The molecule has 8 heteroatoms. The van der Waals surface area contributed by atoms with Crippen LogP contribution in [0.5, 0.6) is 11.6 Å². The average Bonchev–Trinajstić information content (AvgIpc) is 2.74. The van der Waals surface area contributed by atoms with Crippen LogP contribution in [0.15, 0.2) is 36.9 Å². The number of aryl methyl sites for hydroxylation is 1. The van der Waals surface area contributed by atoms with Crippen LogP contribution >= 0.6 is 0 Å². The third kappa shape index (κ3) is 3.71. The normalized spacial score (nSPS) is 13.8.